The van der Waals surface area contributed by atoms with E-state index < -0.39 is 0 Å². The van der Waals surface area contributed by atoms with Crippen LogP contribution in [0.25, 0.3) is 0 Å². The first-order chi connectivity index (χ1) is 6.84. The minimum absolute atomic E-state index is 0.262. The zero-order valence-corrected chi connectivity index (χ0v) is 8.04. The van der Waals surface area contributed by atoms with Gasteiger partial charge in [0.2, 0.25) is 0 Å². The Morgan fingerprint density at radius 3 is 2.57 bits per heavy atom. The van der Waals surface area contributed by atoms with Crippen molar-refractivity contribution < 1.29 is 0 Å². The van der Waals surface area contributed by atoms with Crippen LogP contribution in [-0.2, 0) is 0 Å². The second-order valence-corrected chi connectivity index (χ2v) is 2.66. The van der Waals surface area contributed by atoms with Crippen LogP contribution < -0.4 is 11.1 Å². The van der Waals surface area contributed by atoms with Crippen LogP contribution in [0.5, 0.6) is 0 Å². The van der Waals surface area contributed by atoms with Gasteiger partial charge in [0.1, 0.15) is 0 Å². The smallest absolute Gasteiger partial charge is 0.0931 e. The number of rotatable bonds is 1. The summed E-state index contributed by atoms with van der Waals surface area (Å²) in [5.41, 5.74) is 6.82. The molecule has 0 radical (unpaired) electrons. The molecule has 0 spiro atoms. The number of hydrogen-bond acceptors (Lipinski definition) is 2. The maximum absolute atomic E-state index is 5.82. The van der Waals surface area contributed by atoms with E-state index in [-0.39, 0.29) is 6.04 Å². The summed E-state index contributed by atoms with van der Waals surface area (Å²) < 4.78 is 0. The summed E-state index contributed by atoms with van der Waals surface area (Å²) in [5.74, 6) is 8.17. The van der Waals surface area contributed by atoms with E-state index in [0.29, 0.717) is 0 Å². The van der Waals surface area contributed by atoms with E-state index in [1.54, 1.807) is 7.05 Å². The molecule has 70 valence electrons. The topological polar surface area (TPSA) is 38.0 Å². The molecule has 1 rings (SSSR count). The zero-order chi connectivity index (χ0) is 10.2. The van der Waals surface area contributed by atoms with Gasteiger partial charge >= 0.3 is 0 Å². The zero-order valence-electron chi connectivity index (χ0n) is 8.04. The number of nitrogens with two attached hydrogens (primary N) is 1. The van der Waals surface area contributed by atoms with E-state index in [4.69, 9.17) is 5.73 Å². The predicted octanol–water partition coefficient (Wildman–Crippen LogP) is 0.870. The van der Waals surface area contributed by atoms with Crippen molar-refractivity contribution in [3.8, 4) is 23.8 Å². The Bertz CT molecular complexity index is 387. The van der Waals surface area contributed by atoms with Crippen molar-refractivity contribution in [3.63, 3.8) is 0 Å². The van der Waals surface area contributed by atoms with Gasteiger partial charge in [-0.25, -0.2) is 0 Å². The summed E-state index contributed by atoms with van der Waals surface area (Å²) in [5, 5.41) is 2.68. The highest BCUT2D eigenvalue weighted by molar-refractivity contribution is 5.32. The molecule has 14 heavy (non-hydrogen) atoms. The Balaban J connectivity index is 2.66. The Hall–Kier alpha value is -1.90. The van der Waals surface area contributed by atoms with Gasteiger partial charge in [-0.05, 0) is 11.5 Å². The standard InChI is InChI=1S/C12H12N2/c1-14-10-6-5-9-12(13)11-7-3-2-4-8-11/h2-4,7-8,12,14H,13H2,1H3. The molecule has 1 aromatic carbocycles. The largest absolute Gasteiger partial charge is 0.348 e. The first-order valence-electron chi connectivity index (χ1n) is 4.32. The third-order valence-corrected chi connectivity index (χ3v) is 1.64. The summed E-state index contributed by atoms with van der Waals surface area (Å²) in [4.78, 5) is 0. The Kier molecular flexibility index (Phi) is 4.14. The lowest BCUT2D eigenvalue weighted by molar-refractivity contribution is 0.946. The minimum atomic E-state index is -0.262. The molecule has 0 aliphatic carbocycles. The van der Waals surface area contributed by atoms with Crippen molar-refractivity contribution in [2.75, 3.05) is 7.05 Å². The van der Waals surface area contributed by atoms with E-state index >= 15 is 0 Å². The van der Waals surface area contributed by atoms with E-state index in [1.807, 2.05) is 30.3 Å². The van der Waals surface area contributed by atoms with Crippen LogP contribution in [-0.4, -0.2) is 7.05 Å². The van der Waals surface area contributed by atoms with Crippen molar-refractivity contribution >= 4 is 0 Å². The van der Waals surface area contributed by atoms with Crippen LogP contribution >= 0.6 is 0 Å². The van der Waals surface area contributed by atoms with Gasteiger partial charge in [-0.15, -0.1) is 0 Å². The molecule has 0 bridgehead atoms. The van der Waals surface area contributed by atoms with Gasteiger partial charge in [0.05, 0.1) is 6.04 Å². The average molecular weight is 184 g/mol. The molecule has 0 heterocycles. The maximum Gasteiger partial charge on any atom is 0.0931 e. The fourth-order valence-corrected chi connectivity index (χ4v) is 0.951. The van der Waals surface area contributed by atoms with Crippen LogP contribution in [0.2, 0.25) is 0 Å². The lowest BCUT2D eigenvalue weighted by atomic mass is 10.1. The molecular weight excluding hydrogens is 172 g/mol. The molecule has 2 nitrogen and oxygen atoms in total. The number of benzene rings is 1. The van der Waals surface area contributed by atoms with Gasteiger partial charge in [0, 0.05) is 19.0 Å². The van der Waals surface area contributed by atoms with Crippen molar-refractivity contribution in [1.82, 2.24) is 5.32 Å². The first-order valence-corrected chi connectivity index (χ1v) is 4.32. The molecule has 0 saturated carbocycles. The van der Waals surface area contributed by atoms with Gasteiger partial charge in [-0.1, -0.05) is 36.3 Å². The Labute approximate surface area is 84.5 Å². The summed E-state index contributed by atoms with van der Waals surface area (Å²) in [6.45, 7) is 0. The van der Waals surface area contributed by atoms with Gasteiger partial charge in [0.25, 0.3) is 0 Å². The van der Waals surface area contributed by atoms with E-state index in [1.165, 1.54) is 0 Å². The summed E-state index contributed by atoms with van der Waals surface area (Å²) in [7, 11) is 1.74. The van der Waals surface area contributed by atoms with Crippen LogP contribution in [0.3, 0.4) is 0 Å². The summed E-state index contributed by atoms with van der Waals surface area (Å²) in [6, 6.07) is 12.1. The molecule has 0 amide bonds. The van der Waals surface area contributed by atoms with Crippen molar-refractivity contribution in [2.45, 2.75) is 6.04 Å². The minimum Gasteiger partial charge on any atom is -0.348 e. The molecule has 0 fully saturated rings. The highest BCUT2D eigenvalue weighted by Gasteiger charge is 1.98. The quantitative estimate of drug-likeness (QED) is 0.502. The normalized spacial score (nSPS) is 10.1. The maximum atomic E-state index is 5.82. The number of hydrogen-bond donors (Lipinski definition) is 2. The fraction of sp³-hybridized carbons (Fsp3) is 0.167. The second-order valence-electron chi connectivity index (χ2n) is 2.66. The van der Waals surface area contributed by atoms with Crippen molar-refractivity contribution in [1.29, 1.82) is 0 Å². The monoisotopic (exact) mass is 184 g/mol. The highest BCUT2D eigenvalue weighted by Crippen LogP contribution is 2.07. The molecule has 0 aliphatic heterocycles. The lowest BCUT2D eigenvalue weighted by Gasteiger charge is -2.01. The van der Waals surface area contributed by atoms with Crippen LogP contribution in [0.1, 0.15) is 11.6 Å². The van der Waals surface area contributed by atoms with Crippen LogP contribution in [0.4, 0.5) is 0 Å². The third-order valence-electron chi connectivity index (χ3n) is 1.64. The Morgan fingerprint density at radius 1 is 1.21 bits per heavy atom. The molecule has 0 aliphatic rings. The van der Waals surface area contributed by atoms with Crippen LogP contribution in [0, 0.1) is 23.8 Å². The average Bonchev–Trinajstić information content (AvgIpc) is 2.25. The lowest BCUT2D eigenvalue weighted by Crippen LogP contribution is -2.06. The summed E-state index contributed by atoms with van der Waals surface area (Å²) in [6.07, 6.45) is 0. The molecule has 1 unspecified atom stereocenters. The second kappa shape index (κ2) is 5.70. The molecule has 3 N–H and O–H groups in total. The molecule has 0 aromatic heterocycles. The fourth-order valence-electron chi connectivity index (χ4n) is 0.951. The molecule has 2 heteroatoms. The van der Waals surface area contributed by atoms with Gasteiger partial charge in [-0.3, -0.25) is 0 Å². The van der Waals surface area contributed by atoms with Gasteiger partial charge < -0.3 is 11.1 Å². The van der Waals surface area contributed by atoms with E-state index in [0.717, 1.165) is 5.56 Å². The van der Waals surface area contributed by atoms with Crippen molar-refractivity contribution in [3.05, 3.63) is 35.9 Å². The van der Waals surface area contributed by atoms with E-state index in [2.05, 4.69) is 29.1 Å². The third kappa shape index (κ3) is 3.23. The SMILES string of the molecule is CNC#CC#CC(N)c1ccccc1. The molecule has 1 atom stereocenters. The highest BCUT2D eigenvalue weighted by atomic mass is 14.8. The van der Waals surface area contributed by atoms with Gasteiger partial charge in [-0.2, -0.15) is 0 Å². The van der Waals surface area contributed by atoms with Crippen molar-refractivity contribution in [2.24, 2.45) is 5.73 Å². The van der Waals surface area contributed by atoms with Gasteiger partial charge in [0.15, 0.2) is 0 Å². The molecular formula is C12H12N2. The van der Waals surface area contributed by atoms with Crippen LogP contribution in [0.15, 0.2) is 30.3 Å². The molecule has 0 saturated heterocycles. The first kappa shape index (κ1) is 10.2. The number of nitrogens with one attached hydrogen (secondary N) is 1. The molecule has 1 aromatic rings. The predicted molar refractivity (Wildman–Crippen MR) is 58.0 cm³/mol. The van der Waals surface area contributed by atoms with E-state index in [9.17, 15) is 0 Å². The Morgan fingerprint density at radius 2 is 1.93 bits per heavy atom. The summed E-state index contributed by atoms with van der Waals surface area (Å²) >= 11 is 0.